The van der Waals surface area contributed by atoms with Crippen molar-refractivity contribution >= 4 is 11.6 Å². The molecule has 144 valence electrons. The Morgan fingerprint density at radius 2 is 1.63 bits per heavy atom. The van der Waals surface area contributed by atoms with Crippen LogP contribution in [0.15, 0.2) is 36.4 Å². The number of benzene rings is 1. The van der Waals surface area contributed by atoms with E-state index in [4.69, 9.17) is 0 Å². The third-order valence-corrected chi connectivity index (χ3v) is 5.13. The summed E-state index contributed by atoms with van der Waals surface area (Å²) < 4.78 is 0. The minimum Gasteiger partial charge on any atom is -0.368 e. The van der Waals surface area contributed by atoms with Gasteiger partial charge in [0.25, 0.3) is 0 Å². The van der Waals surface area contributed by atoms with Crippen molar-refractivity contribution in [1.29, 1.82) is 0 Å². The lowest BCUT2D eigenvalue weighted by Crippen LogP contribution is -2.51. The zero-order chi connectivity index (χ0) is 19.6. The van der Waals surface area contributed by atoms with E-state index in [1.54, 1.807) is 0 Å². The van der Waals surface area contributed by atoms with E-state index in [1.165, 1.54) is 11.3 Å². The SMILES string of the molecule is Cc1cccc([C@@H](C(=O)N2CCN(c3cc(C)nc(C)c3)CC2)N(C)C)c1. The Morgan fingerprint density at radius 3 is 2.19 bits per heavy atom. The van der Waals surface area contributed by atoms with Crippen LogP contribution in [0.4, 0.5) is 5.69 Å². The maximum atomic E-state index is 13.3. The van der Waals surface area contributed by atoms with Crippen LogP contribution >= 0.6 is 0 Å². The number of anilines is 1. The van der Waals surface area contributed by atoms with Crippen molar-refractivity contribution in [3.05, 3.63) is 58.9 Å². The number of piperazine rings is 1. The molecule has 2 aromatic rings. The topological polar surface area (TPSA) is 39.7 Å². The van der Waals surface area contributed by atoms with Gasteiger partial charge in [0.05, 0.1) is 0 Å². The molecule has 1 aliphatic heterocycles. The molecule has 1 atom stereocenters. The first-order valence-electron chi connectivity index (χ1n) is 9.57. The first-order valence-corrected chi connectivity index (χ1v) is 9.57. The van der Waals surface area contributed by atoms with Gasteiger partial charge in [0.2, 0.25) is 5.91 Å². The van der Waals surface area contributed by atoms with Gasteiger partial charge in [-0.15, -0.1) is 0 Å². The summed E-state index contributed by atoms with van der Waals surface area (Å²) >= 11 is 0. The summed E-state index contributed by atoms with van der Waals surface area (Å²) in [5.41, 5.74) is 5.52. The molecule has 0 N–H and O–H groups in total. The number of carbonyl (C=O) groups excluding carboxylic acids is 1. The molecule has 0 saturated carbocycles. The fourth-order valence-corrected chi connectivity index (χ4v) is 3.85. The minimum atomic E-state index is -0.234. The van der Waals surface area contributed by atoms with Gasteiger partial charge in [-0.2, -0.15) is 0 Å². The van der Waals surface area contributed by atoms with Crippen LogP contribution in [0.3, 0.4) is 0 Å². The van der Waals surface area contributed by atoms with Crippen molar-refractivity contribution in [1.82, 2.24) is 14.8 Å². The van der Waals surface area contributed by atoms with Gasteiger partial charge in [-0.1, -0.05) is 29.8 Å². The molecule has 0 aliphatic carbocycles. The van der Waals surface area contributed by atoms with Gasteiger partial charge in [0.1, 0.15) is 6.04 Å². The largest absolute Gasteiger partial charge is 0.368 e. The zero-order valence-electron chi connectivity index (χ0n) is 17.1. The van der Waals surface area contributed by atoms with Crippen molar-refractivity contribution in [2.45, 2.75) is 26.8 Å². The van der Waals surface area contributed by atoms with Crippen LogP contribution in [-0.2, 0) is 4.79 Å². The highest BCUT2D eigenvalue weighted by Crippen LogP contribution is 2.24. The van der Waals surface area contributed by atoms with Crippen LogP contribution < -0.4 is 4.90 Å². The second-order valence-corrected chi connectivity index (χ2v) is 7.70. The predicted octanol–water partition coefficient (Wildman–Crippen LogP) is 2.96. The van der Waals surface area contributed by atoms with Crippen LogP contribution in [0.25, 0.3) is 0 Å². The van der Waals surface area contributed by atoms with Crippen molar-refractivity contribution in [3.63, 3.8) is 0 Å². The van der Waals surface area contributed by atoms with E-state index >= 15 is 0 Å². The first kappa shape index (κ1) is 19.4. The highest BCUT2D eigenvalue weighted by Gasteiger charge is 2.30. The molecule has 5 nitrogen and oxygen atoms in total. The third-order valence-electron chi connectivity index (χ3n) is 5.13. The maximum Gasteiger partial charge on any atom is 0.244 e. The van der Waals surface area contributed by atoms with Crippen molar-refractivity contribution < 1.29 is 4.79 Å². The van der Waals surface area contributed by atoms with E-state index < -0.39 is 0 Å². The van der Waals surface area contributed by atoms with Gasteiger partial charge in [0, 0.05) is 43.3 Å². The summed E-state index contributed by atoms with van der Waals surface area (Å²) in [6.45, 7) is 9.31. The molecule has 0 bridgehead atoms. The molecule has 0 spiro atoms. The van der Waals surface area contributed by atoms with E-state index in [9.17, 15) is 4.79 Å². The van der Waals surface area contributed by atoms with Crippen LogP contribution in [0, 0.1) is 20.8 Å². The number of hydrogen-bond acceptors (Lipinski definition) is 4. The molecule has 1 saturated heterocycles. The van der Waals surface area contributed by atoms with Gasteiger partial charge in [-0.3, -0.25) is 14.7 Å². The smallest absolute Gasteiger partial charge is 0.244 e. The standard InChI is InChI=1S/C22H30N4O/c1-16-7-6-8-19(13-16)21(24(4)5)22(27)26-11-9-25(10-12-26)20-14-17(2)23-18(3)15-20/h6-8,13-15,21H,9-12H2,1-5H3/t21-/m0/s1. The summed E-state index contributed by atoms with van der Waals surface area (Å²) in [6, 6.07) is 12.3. The summed E-state index contributed by atoms with van der Waals surface area (Å²) in [6.07, 6.45) is 0. The van der Waals surface area contributed by atoms with Gasteiger partial charge < -0.3 is 9.80 Å². The molecule has 1 fully saturated rings. The molecule has 1 aromatic heterocycles. The number of pyridine rings is 1. The molecule has 0 unspecified atom stereocenters. The Hall–Kier alpha value is -2.40. The average molecular weight is 367 g/mol. The number of carbonyl (C=O) groups is 1. The number of amides is 1. The molecule has 0 radical (unpaired) electrons. The van der Waals surface area contributed by atoms with E-state index in [2.05, 4.69) is 41.1 Å². The number of rotatable bonds is 4. The summed E-state index contributed by atoms with van der Waals surface area (Å²) in [5.74, 6) is 0.187. The molecule has 1 amide bonds. The number of nitrogens with zero attached hydrogens (tertiary/aromatic N) is 4. The lowest BCUT2D eigenvalue weighted by molar-refractivity contribution is -0.136. The molecule has 27 heavy (non-hydrogen) atoms. The van der Waals surface area contributed by atoms with E-state index in [0.717, 1.165) is 43.1 Å². The average Bonchev–Trinajstić information content (AvgIpc) is 2.61. The quantitative estimate of drug-likeness (QED) is 0.834. The first-order chi connectivity index (χ1) is 12.8. The molecular weight excluding hydrogens is 336 g/mol. The summed E-state index contributed by atoms with van der Waals surface area (Å²) in [7, 11) is 3.95. The van der Waals surface area contributed by atoms with Gasteiger partial charge >= 0.3 is 0 Å². The second kappa shape index (κ2) is 8.09. The van der Waals surface area contributed by atoms with Gasteiger partial charge in [-0.05, 0) is 52.6 Å². The number of hydrogen-bond donors (Lipinski definition) is 0. The second-order valence-electron chi connectivity index (χ2n) is 7.70. The van der Waals surface area contributed by atoms with Crippen molar-refractivity contribution in [2.24, 2.45) is 0 Å². The summed E-state index contributed by atoms with van der Waals surface area (Å²) in [5, 5.41) is 0. The van der Waals surface area contributed by atoms with Crippen LogP contribution in [0.1, 0.15) is 28.6 Å². The highest BCUT2D eigenvalue weighted by molar-refractivity contribution is 5.83. The monoisotopic (exact) mass is 366 g/mol. The van der Waals surface area contributed by atoms with Crippen molar-refractivity contribution in [3.8, 4) is 0 Å². The number of likely N-dealkylation sites (N-methyl/N-ethyl adjacent to an activating group) is 1. The zero-order valence-corrected chi connectivity index (χ0v) is 17.1. The molecular formula is C22H30N4O. The Labute approximate surface area is 162 Å². The lowest BCUT2D eigenvalue weighted by Gasteiger charge is -2.39. The minimum absolute atomic E-state index is 0.187. The van der Waals surface area contributed by atoms with Crippen LogP contribution in [0.5, 0.6) is 0 Å². The Kier molecular flexibility index (Phi) is 5.80. The number of aromatic nitrogens is 1. The Bertz CT molecular complexity index is 789. The summed E-state index contributed by atoms with van der Waals surface area (Å²) in [4.78, 5) is 24.1. The Balaban J connectivity index is 1.71. The maximum absolute atomic E-state index is 13.3. The fourth-order valence-electron chi connectivity index (χ4n) is 3.85. The molecule has 1 aliphatic rings. The van der Waals surface area contributed by atoms with E-state index in [-0.39, 0.29) is 11.9 Å². The Morgan fingerprint density at radius 1 is 1.00 bits per heavy atom. The van der Waals surface area contributed by atoms with E-state index in [0.29, 0.717) is 0 Å². The van der Waals surface area contributed by atoms with Gasteiger partial charge in [0.15, 0.2) is 0 Å². The lowest BCUT2D eigenvalue weighted by atomic mass is 10.0. The molecule has 5 heteroatoms. The fraction of sp³-hybridized carbons (Fsp3) is 0.455. The third kappa shape index (κ3) is 4.48. The van der Waals surface area contributed by atoms with Crippen molar-refractivity contribution in [2.75, 3.05) is 45.2 Å². The van der Waals surface area contributed by atoms with Gasteiger partial charge in [-0.25, -0.2) is 0 Å². The van der Waals surface area contributed by atoms with E-state index in [1.807, 2.05) is 49.9 Å². The van der Waals surface area contributed by atoms with Crippen LogP contribution in [0.2, 0.25) is 0 Å². The predicted molar refractivity (Wildman–Crippen MR) is 110 cm³/mol. The highest BCUT2D eigenvalue weighted by atomic mass is 16.2. The number of aryl methyl sites for hydroxylation is 3. The van der Waals surface area contributed by atoms with Crippen LogP contribution in [-0.4, -0.2) is 61.0 Å². The molecule has 3 rings (SSSR count). The molecule has 1 aromatic carbocycles. The normalized spacial score (nSPS) is 15.9. The molecule has 2 heterocycles.